The number of rotatable bonds is 4. The lowest BCUT2D eigenvalue weighted by Crippen LogP contribution is -1.99. The first-order chi connectivity index (χ1) is 9.10. The largest absolute Gasteiger partial charge is 0.478 e. The molecule has 0 fully saturated rings. The number of carboxylic acids is 1. The maximum Gasteiger partial charge on any atom is 0.337 e. The van der Waals surface area contributed by atoms with Gasteiger partial charge in [0.15, 0.2) is 0 Å². The molecule has 0 spiro atoms. The second kappa shape index (κ2) is 5.69. The van der Waals surface area contributed by atoms with Crippen LogP contribution in [-0.4, -0.2) is 21.2 Å². The van der Waals surface area contributed by atoms with Crippen molar-refractivity contribution in [1.29, 1.82) is 0 Å². The molecule has 0 aliphatic heterocycles. The van der Waals surface area contributed by atoms with Gasteiger partial charge in [0.05, 0.1) is 23.4 Å². The molecule has 0 bridgehead atoms. The SMILES string of the molecule is O=C(O)c1cc(Oc2ccc(CO)cc2)ncc1Cl. The molecule has 2 rings (SSSR count). The molecule has 0 radical (unpaired) electrons. The van der Waals surface area contributed by atoms with Crippen molar-refractivity contribution in [2.24, 2.45) is 0 Å². The Morgan fingerprint density at radius 1 is 1.32 bits per heavy atom. The summed E-state index contributed by atoms with van der Waals surface area (Å²) in [5.41, 5.74) is 0.682. The fourth-order valence-corrected chi connectivity index (χ4v) is 1.61. The first-order valence-corrected chi connectivity index (χ1v) is 5.74. The van der Waals surface area contributed by atoms with E-state index in [0.717, 1.165) is 5.56 Å². The van der Waals surface area contributed by atoms with Gasteiger partial charge in [-0.1, -0.05) is 23.7 Å². The Hall–Kier alpha value is -2.11. The highest BCUT2D eigenvalue weighted by Crippen LogP contribution is 2.24. The average Bonchev–Trinajstić information content (AvgIpc) is 2.41. The van der Waals surface area contributed by atoms with Gasteiger partial charge in [0, 0.05) is 6.07 Å². The van der Waals surface area contributed by atoms with Crippen LogP contribution in [0.1, 0.15) is 15.9 Å². The molecular weight excluding hydrogens is 270 g/mol. The van der Waals surface area contributed by atoms with Crippen LogP contribution in [0.25, 0.3) is 0 Å². The van der Waals surface area contributed by atoms with Crippen molar-refractivity contribution in [2.75, 3.05) is 0 Å². The third kappa shape index (κ3) is 3.21. The van der Waals surface area contributed by atoms with Gasteiger partial charge < -0.3 is 14.9 Å². The number of carbonyl (C=O) groups is 1. The van der Waals surface area contributed by atoms with Crippen LogP contribution in [0.15, 0.2) is 36.5 Å². The Bertz CT molecular complexity index is 598. The molecule has 19 heavy (non-hydrogen) atoms. The van der Waals surface area contributed by atoms with Crippen molar-refractivity contribution >= 4 is 17.6 Å². The summed E-state index contributed by atoms with van der Waals surface area (Å²) in [5.74, 6) is -0.519. The van der Waals surface area contributed by atoms with Crippen molar-refractivity contribution in [2.45, 2.75) is 6.61 Å². The van der Waals surface area contributed by atoms with E-state index in [2.05, 4.69) is 4.98 Å². The maximum absolute atomic E-state index is 10.9. The Kier molecular flexibility index (Phi) is 3.99. The van der Waals surface area contributed by atoms with E-state index in [0.29, 0.717) is 5.75 Å². The number of aliphatic hydroxyl groups excluding tert-OH is 1. The predicted molar refractivity (Wildman–Crippen MR) is 68.6 cm³/mol. The Morgan fingerprint density at radius 2 is 2.00 bits per heavy atom. The van der Waals surface area contributed by atoms with Gasteiger partial charge in [-0.3, -0.25) is 0 Å². The van der Waals surface area contributed by atoms with E-state index in [1.807, 2.05) is 0 Å². The minimum Gasteiger partial charge on any atom is -0.478 e. The van der Waals surface area contributed by atoms with Crippen LogP contribution in [0.4, 0.5) is 0 Å². The molecule has 0 saturated carbocycles. The minimum absolute atomic E-state index is 0.0514. The molecule has 0 atom stereocenters. The summed E-state index contributed by atoms with van der Waals surface area (Å²) in [6.07, 6.45) is 1.22. The Labute approximate surface area is 114 Å². The highest BCUT2D eigenvalue weighted by molar-refractivity contribution is 6.33. The first-order valence-electron chi connectivity index (χ1n) is 5.36. The average molecular weight is 280 g/mol. The zero-order chi connectivity index (χ0) is 13.8. The topological polar surface area (TPSA) is 79.7 Å². The van der Waals surface area contributed by atoms with E-state index in [1.165, 1.54) is 12.3 Å². The minimum atomic E-state index is -1.15. The number of nitrogens with zero attached hydrogens (tertiary/aromatic N) is 1. The lowest BCUT2D eigenvalue weighted by atomic mass is 10.2. The number of aliphatic hydroxyl groups is 1. The van der Waals surface area contributed by atoms with Gasteiger partial charge in [-0.25, -0.2) is 9.78 Å². The van der Waals surface area contributed by atoms with E-state index >= 15 is 0 Å². The molecule has 0 aliphatic rings. The number of pyridine rings is 1. The fourth-order valence-electron chi connectivity index (χ4n) is 1.42. The summed E-state index contributed by atoms with van der Waals surface area (Å²) in [7, 11) is 0. The molecule has 1 aromatic carbocycles. The van der Waals surface area contributed by atoms with E-state index in [4.69, 9.17) is 26.6 Å². The molecule has 1 heterocycles. The zero-order valence-electron chi connectivity index (χ0n) is 9.71. The molecule has 1 aromatic heterocycles. The first kappa shape index (κ1) is 13.3. The zero-order valence-corrected chi connectivity index (χ0v) is 10.5. The number of aromatic carboxylic acids is 1. The van der Waals surface area contributed by atoms with Gasteiger partial charge in [-0.2, -0.15) is 0 Å². The second-order valence-corrected chi connectivity index (χ2v) is 4.12. The van der Waals surface area contributed by atoms with Crippen LogP contribution in [0.5, 0.6) is 11.6 Å². The highest BCUT2D eigenvalue weighted by Gasteiger charge is 2.11. The Balaban J connectivity index is 2.22. The molecule has 5 nitrogen and oxygen atoms in total. The molecule has 98 valence electrons. The molecule has 0 saturated heterocycles. The molecule has 0 amide bonds. The number of hydrogen-bond acceptors (Lipinski definition) is 4. The quantitative estimate of drug-likeness (QED) is 0.899. The lowest BCUT2D eigenvalue weighted by molar-refractivity contribution is 0.0696. The highest BCUT2D eigenvalue weighted by atomic mass is 35.5. The van der Waals surface area contributed by atoms with Crippen LogP contribution in [-0.2, 0) is 6.61 Å². The van der Waals surface area contributed by atoms with Crippen LogP contribution < -0.4 is 4.74 Å². The van der Waals surface area contributed by atoms with Gasteiger partial charge in [0.1, 0.15) is 5.75 Å². The van der Waals surface area contributed by atoms with Crippen LogP contribution in [0, 0.1) is 0 Å². The van der Waals surface area contributed by atoms with Crippen LogP contribution in [0.2, 0.25) is 5.02 Å². The normalized spacial score (nSPS) is 10.2. The molecule has 0 unspecified atom stereocenters. The summed E-state index contributed by atoms with van der Waals surface area (Å²) in [6, 6.07) is 7.96. The van der Waals surface area contributed by atoms with Crippen molar-refractivity contribution < 1.29 is 19.7 Å². The van der Waals surface area contributed by atoms with Crippen molar-refractivity contribution in [3.8, 4) is 11.6 Å². The monoisotopic (exact) mass is 279 g/mol. The van der Waals surface area contributed by atoms with Crippen molar-refractivity contribution in [3.05, 3.63) is 52.7 Å². The number of ether oxygens (including phenoxy) is 1. The molecule has 2 aromatic rings. The van der Waals surface area contributed by atoms with Crippen LogP contribution in [0.3, 0.4) is 0 Å². The third-order valence-electron chi connectivity index (χ3n) is 2.39. The van der Waals surface area contributed by atoms with E-state index in [-0.39, 0.29) is 23.1 Å². The second-order valence-electron chi connectivity index (χ2n) is 3.71. The smallest absolute Gasteiger partial charge is 0.337 e. The van der Waals surface area contributed by atoms with Gasteiger partial charge in [-0.15, -0.1) is 0 Å². The fraction of sp³-hybridized carbons (Fsp3) is 0.0769. The Morgan fingerprint density at radius 3 is 2.58 bits per heavy atom. The summed E-state index contributed by atoms with van der Waals surface area (Å²) in [6.45, 7) is -0.0529. The maximum atomic E-state index is 10.9. The molecule has 2 N–H and O–H groups in total. The molecule has 0 aliphatic carbocycles. The number of carboxylic acid groups (broad SMARTS) is 1. The summed E-state index contributed by atoms with van der Waals surface area (Å²) in [5, 5.41) is 17.9. The molecule has 6 heteroatoms. The van der Waals surface area contributed by atoms with Gasteiger partial charge >= 0.3 is 5.97 Å². The number of benzene rings is 1. The van der Waals surface area contributed by atoms with E-state index in [1.54, 1.807) is 24.3 Å². The van der Waals surface area contributed by atoms with Gasteiger partial charge in [0.25, 0.3) is 0 Å². The summed E-state index contributed by atoms with van der Waals surface area (Å²) in [4.78, 5) is 14.8. The lowest BCUT2D eigenvalue weighted by Gasteiger charge is -2.06. The van der Waals surface area contributed by atoms with Crippen LogP contribution >= 0.6 is 11.6 Å². The molecular formula is C13H10ClNO4. The summed E-state index contributed by atoms with van der Waals surface area (Å²) < 4.78 is 5.41. The van der Waals surface area contributed by atoms with Gasteiger partial charge in [0.2, 0.25) is 5.88 Å². The van der Waals surface area contributed by atoms with E-state index in [9.17, 15) is 4.79 Å². The van der Waals surface area contributed by atoms with Crippen molar-refractivity contribution in [3.63, 3.8) is 0 Å². The number of halogens is 1. The van der Waals surface area contributed by atoms with Gasteiger partial charge in [-0.05, 0) is 17.7 Å². The third-order valence-corrected chi connectivity index (χ3v) is 2.69. The van der Waals surface area contributed by atoms with Crippen molar-refractivity contribution in [1.82, 2.24) is 4.98 Å². The number of hydrogen-bond donors (Lipinski definition) is 2. The predicted octanol–water partition coefficient (Wildman–Crippen LogP) is 2.72. The standard InChI is InChI=1S/C13H10ClNO4/c14-11-6-15-12(5-10(11)13(17)18)19-9-3-1-8(7-16)2-4-9/h1-6,16H,7H2,(H,17,18). The summed E-state index contributed by atoms with van der Waals surface area (Å²) >= 11 is 5.71. The van der Waals surface area contributed by atoms with E-state index < -0.39 is 5.97 Å². The number of aromatic nitrogens is 1.